The zero-order valence-electron chi connectivity index (χ0n) is 14.9. The van der Waals surface area contributed by atoms with Gasteiger partial charge in [-0.2, -0.15) is 13.2 Å². The Hall–Kier alpha value is -2.97. The number of amides is 2. The molecule has 0 bridgehead atoms. The summed E-state index contributed by atoms with van der Waals surface area (Å²) in [7, 11) is 0. The Bertz CT molecular complexity index is 796. The molecule has 1 aliphatic rings. The number of alkyl halides is 3. The van der Waals surface area contributed by atoms with E-state index < -0.39 is 12.8 Å². The zero-order valence-corrected chi connectivity index (χ0v) is 14.9. The van der Waals surface area contributed by atoms with E-state index in [-0.39, 0.29) is 29.2 Å². The number of furan rings is 1. The lowest BCUT2D eigenvalue weighted by Gasteiger charge is -2.30. The molecule has 1 fully saturated rings. The first-order valence-corrected chi connectivity index (χ1v) is 8.75. The lowest BCUT2D eigenvalue weighted by molar-refractivity contribution is -0.153. The van der Waals surface area contributed by atoms with Gasteiger partial charge < -0.3 is 19.4 Å². The van der Waals surface area contributed by atoms with Crippen LogP contribution in [0, 0.1) is 5.92 Å². The number of likely N-dealkylation sites (tertiary alicyclic amines) is 1. The quantitative estimate of drug-likeness (QED) is 0.836. The van der Waals surface area contributed by atoms with Crippen LogP contribution < -0.4 is 10.1 Å². The summed E-state index contributed by atoms with van der Waals surface area (Å²) >= 11 is 0. The molecule has 1 aromatic carbocycles. The van der Waals surface area contributed by atoms with Gasteiger partial charge in [-0.15, -0.1) is 0 Å². The summed E-state index contributed by atoms with van der Waals surface area (Å²) in [4.78, 5) is 26.3. The summed E-state index contributed by atoms with van der Waals surface area (Å²) in [6, 6.07) is 8.95. The fraction of sp³-hybridized carbons (Fsp3) is 0.368. The van der Waals surface area contributed by atoms with Crippen molar-refractivity contribution in [2.24, 2.45) is 5.92 Å². The van der Waals surface area contributed by atoms with Crippen molar-refractivity contribution in [2.45, 2.75) is 19.0 Å². The molecule has 1 N–H and O–H groups in total. The van der Waals surface area contributed by atoms with Crippen LogP contribution in [0.15, 0.2) is 47.1 Å². The van der Waals surface area contributed by atoms with Gasteiger partial charge in [-0.1, -0.05) is 0 Å². The molecule has 0 aliphatic carbocycles. The second-order valence-corrected chi connectivity index (χ2v) is 6.46. The number of ether oxygens (including phenoxy) is 1. The van der Waals surface area contributed by atoms with E-state index in [2.05, 4.69) is 10.1 Å². The molecular weight excluding hydrogens is 377 g/mol. The second-order valence-electron chi connectivity index (χ2n) is 6.46. The number of nitrogens with one attached hydrogen (secondary N) is 1. The largest absolute Gasteiger partial charge is 0.484 e. The monoisotopic (exact) mass is 396 g/mol. The van der Waals surface area contributed by atoms with Crippen molar-refractivity contribution in [3.05, 3.63) is 48.4 Å². The van der Waals surface area contributed by atoms with Crippen molar-refractivity contribution in [1.29, 1.82) is 0 Å². The number of anilines is 1. The van der Waals surface area contributed by atoms with Crippen LogP contribution in [0.1, 0.15) is 23.4 Å². The molecule has 0 radical (unpaired) electrons. The van der Waals surface area contributed by atoms with E-state index in [1.165, 1.54) is 30.5 Å². The number of carbonyl (C=O) groups excluding carboxylic acids is 2. The highest BCUT2D eigenvalue weighted by Crippen LogP contribution is 2.23. The van der Waals surface area contributed by atoms with Crippen molar-refractivity contribution in [3.63, 3.8) is 0 Å². The fourth-order valence-electron chi connectivity index (χ4n) is 2.94. The van der Waals surface area contributed by atoms with Crippen LogP contribution in [-0.4, -0.2) is 42.6 Å². The van der Waals surface area contributed by atoms with Gasteiger partial charge in [0, 0.05) is 24.7 Å². The van der Waals surface area contributed by atoms with Crippen LogP contribution in [0.25, 0.3) is 0 Å². The van der Waals surface area contributed by atoms with Crippen LogP contribution in [0.5, 0.6) is 5.75 Å². The minimum absolute atomic E-state index is 0.0695. The van der Waals surface area contributed by atoms with Gasteiger partial charge >= 0.3 is 6.18 Å². The Balaban J connectivity index is 1.47. The van der Waals surface area contributed by atoms with Gasteiger partial charge in [-0.05, 0) is 49.2 Å². The normalized spacial score (nSPS) is 15.3. The van der Waals surface area contributed by atoms with Crippen molar-refractivity contribution in [3.8, 4) is 5.75 Å². The summed E-state index contributed by atoms with van der Waals surface area (Å²) in [5, 5.41) is 2.74. The molecule has 9 heteroatoms. The third-order valence-corrected chi connectivity index (χ3v) is 4.41. The first kappa shape index (κ1) is 19.8. The molecule has 1 aliphatic heterocycles. The minimum atomic E-state index is -4.40. The molecule has 0 unspecified atom stereocenters. The first-order chi connectivity index (χ1) is 13.3. The van der Waals surface area contributed by atoms with Crippen LogP contribution in [0.2, 0.25) is 0 Å². The van der Waals surface area contributed by atoms with Crippen molar-refractivity contribution in [2.75, 3.05) is 25.0 Å². The van der Waals surface area contributed by atoms with E-state index in [9.17, 15) is 22.8 Å². The van der Waals surface area contributed by atoms with Crippen LogP contribution in [0.4, 0.5) is 18.9 Å². The molecule has 0 spiro atoms. The Morgan fingerprint density at radius 3 is 2.39 bits per heavy atom. The number of benzene rings is 1. The summed E-state index contributed by atoms with van der Waals surface area (Å²) < 4.78 is 46.2. The molecule has 2 heterocycles. The molecule has 6 nitrogen and oxygen atoms in total. The Labute approximate surface area is 159 Å². The maximum atomic E-state index is 12.4. The minimum Gasteiger partial charge on any atom is -0.484 e. The maximum Gasteiger partial charge on any atom is 0.422 e. The number of hydrogen-bond donors (Lipinski definition) is 1. The summed E-state index contributed by atoms with van der Waals surface area (Å²) in [6.45, 7) is -0.475. The van der Waals surface area contributed by atoms with Gasteiger partial charge in [0.2, 0.25) is 5.91 Å². The average Bonchev–Trinajstić information content (AvgIpc) is 3.21. The summed E-state index contributed by atoms with van der Waals surface area (Å²) in [5.41, 5.74) is 0.471. The highest BCUT2D eigenvalue weighted by atomic mass is 19.4. The number of rotatable bonds is 5. The molecule has 2 aromatic rings. The Morgan fingerprint density at radius 1 is 1.14 bits per heavy atom. The van der Waals surface area contributed by atoms with E-state index in [1.54, 1.807) is 17.0 Å². The van der Waals surface area contributed by atoms with Crippen molar-refractivity contribution in [1.82, 2.24) is 4.90 Å². The van der Waals surface area contributed by atoms with E-state index in [0.717, 1.165) is 0 Å². The molecule has 0 saturated carbocycles. The smallest absolute Gasteiger partial charge is 0.422 e. The maximum absolute atomic E-state index is 12.4. The van der Waals surface area contributed by atoms with E-state index in [1.807, 2.05) is 0 Å². The third-order valence-electron chi connectivity index (χ3n) is 4.41. The van der Waals surface area contributed by atoms with Crippen molar-refractivity contribution < 1.29 is 31.9 Å². The molecule has 1 aromatic heterocycles. The van der Waals surface area contributed by atoms with Gasteiger partial charge in [0.05, 0.1) is 6.26 Å². The number of carbonyl (C=O) groups is 2. The Morgan fingerprint density at radius 2 is 1.82 bits per heavy atom. The van der Waals surface area contributed by atoms with Gasteiger partial charge in [-0.25, -0.2) is 0 Å². The predicted octanol–water partition coefficient (Wildman–Crippen LogP) is 3.71. The summed E-state index contributed by atoms with van der Waals surface area (Å²) in [5.74, 6) is -0.287. The van der Waals surface area contributed by atoms with Crippen molar-refractivity contribution >= 4 is 17.5 Å². The topological polar surface area (TPSA) is 71.8 Å². The second kappa shape index (κ2) is 8.37. The van der Waals surface area contributed by atoms with Crippen LogP contribution >= 0.6 is 0 Å². The highest BCUT2D eigenvalue weighted by molar-refractivity contribution is 5.94. The molecule has 0 atom stereocenters. The predicted molar refractivity (Wildman–Crippen MR) is 94.0 cm³/mol. The van der Waals surface area contributed by atoms with Gasteiger partial charge in [0.1, 0.15) is 5.75 Å². The fourth-order valence-corrected chi connectivity index (χ4v) is 2.94. The average molecular weight is 396 g/mol. The van der Waals surface area contributed by atoms with Gasteiger partial charge in [-0.3, -0.25) is 9.59 Å². The molecule has 1 saturated heterocycles. The van der Waals surface area contributed by atoms with E-state index in [0.29, 0.717) is 31.6 Å². The zero-order chi connectivity index (χ0) is 20.1. The van der Waals surface area contributed by atoms with Gasteiger partial charge in [0.25, 0.3) is 5.91 Å². The van der Waals surface area contributed by atoms with Gasteiger partial charge in [0.15, 0.2) is 12.4 Å². The van der Waals surface area contributed by atoms with E-state index >= 15 is 0 Å². The molecule has 150 valence electrons. The number of piperidine rings is 1. The standard InChI is InChI=1S/C19H19F3N2O4/c20-19(21,22)12-28-15-5-3-14(4-6-15)23-17(25)13-7-9-24(10-8-13)18(26)16-2-1-11-27-16/h1-6,11,13H,7-10,12H2,(H,23,25). The van der Waals surface area contributed by atoms with Crippen LogP contribution in [0.3, 0.4) is 0 Å². The molecule has 2 amide bonds. The number of nitrogens with zero attached hydrogens (tertiary/aromatic N) is 1. The number of hydrogen-bond acceptors (Lipinski definition) is 4. The van der Waals surface area contributed by atoms with Crippen LogP contribution in [-0.2, 0) is 4.79 Å². The number of halogens is 3. The first-order valence-electron chi connectivity index (χ1n) is 8.75. The SMILES string of the molecule is O=C(Nc1ccc(OCC(F)(F)F)cc1)C1CCN(C(=O)c2ccco2)CC1. The summed E-state index contributed by atoms with van der Waals surface area (Å²) in [6.07, 6.45) is -1.93. The third kappa shape index (κ3) is 5.28. The molecular formula is C19H19F3N2O4. The molecule has 3 rings (SSSR count). The molecule has 28 heavy (non-hydrogen) atoms. The lowest BCUT2D eigenvalue weighted by Crippen LogP contribution is -2.41. The van der Waals surface area contributed by atoms with E-state index in [4.69, 9.17) is 4.42 Å². The lowest BCUT2D eigenvalue weighted by atomic mass is 9.95. The highest BCUT2D eigenvalue weighted by Gasteiger charge is 2.29. The Kier molecular flexibility index (Phi) is 5.91.